The Morgan fingerprint density at radius 2 is 2.24 bits per heavy atom. The van der Waals surface area contributed by atoms with E-state index in [1.165, 1.54) is 24.8 Å². The van der Waals surface area contributed by atoms with Gasteiger partial charge in [0.2, 0.25) is 0 Å². The zero-order chi connectivity index (χ0) is 12.3. The average molecular weight is 232 g/mol. The fourth-order valence-electron chi connectivity index (χ4n) is 2.89. The summed E-state index contributed by atoms with van der Waals surface area (Å²) in [5.41, 5.74) is 1.76. The first-order valence-corrected chi connectivity index (χ1v) is 6.80. The van der Waals surface area contributed by atoms with Gasteiger partial charge in [0.25, 0.3) is 0 Å². The molecule has 0 aromatic carbocycles. The van der Waals surface area contributed by atoms with Crippen molar-refractivity contribution in [2.75, 3.05) is 6.54 Å². The molecule has 1 heterocycles. The molecule has 0 unspecified atom stereocenters. The highest BCUT2D eigenvalue weighted by Gasteiger charge is 2.44. The zero-order valence-electron chi connectivity index (χ0n) is 11.2. The molecule has 0 aliphatic heterocycles. The Kier molecular flexibility index (Phi) is 3.82. The van der Waals surface area contributed by atoms with Crippen molar-refractivity contribution in [3.05, 3.63) is 30.1 Å². The number of rotatable bonds is 5. The van der Waals surface area contributed by atoms with E-state index in [-0.39, 0.29) is 0 Å². The van der Waals surface area contributed by atoms with Gasteiger partial charge in [-0.2, -0.15) is 0 Å². The summed E-state index contributed by atoms with van der Waals surface area (Å²) < 4.78 is 0. The predicted molar refractivity (Wildman–Crippen MR) is 72.1 cm³/mol. The molecule has 0 atom stereocenters. The molecule has 1 aliphatic carbocycles. The van der Waals surface area contributed by atoms with E-state index in [0.717, 1.165) is 12.5 Å². The van der Waals surface area contributed by atoms with Crippen molar-refractivity contribution < 1.29 is 0 Å². The first-order chi connectivity index (χ1) is 8.16. The van der Waals surface area contributed by atoms with Crippen LogP contribution in [-0.4, -0.2) is 17.6 Å². The van der Waals surface area contributed by atoms with Crippen LogP contribution in [0.2, 0.25) is 0 Å². The minimum Gasteiger partial charge on any atom is -0.314 e. The van der Waals surface area contributed by atoms with E-state index >= 15 is 0 Å². The second-order valence-electron chi connectivity index (χ2n) is 5.74. The van der Waals surface area contributed by atoms with Gasteiger partial charge in [0.15, 0.2) is 0 Å². The van der Waals surface area contributed by atoms with Gasteiger partial charge in [0.1, 0.15) is 0 Å². The van der Waals surface area contributed by atoms with Crippen molar-refractivity contribution in [1.82, 2.24) is 10.3 Å². The Labute approximate surface area is 105 Å². The van der Waals surface area contributed by atoms with Crippen LogP contribution in [0.1, 0.15) is 45.6 Å². The van der Waals surface area contributed by atoms with E-state index in [9.17, 15) is 0 Å². The Balaban J connectivity index is 2.09. The lowest BCUT2D eigenvalue weighted by Gasteiger charge is -2.48. The summed E-state index contributed by atoms with van der Waals surface area (Å²) in [6.45, 7) is 7.82. The molecule has 1 aromatic heterocycles. The summed E-state index contributed by atoms with van der Waals surface area (Å²) in [6.07, 6.45) is 7.85. The van der Waals surface area contributed by atoms with Gasteiger partial charge in [-0.1, -0.05) is 33.3 Å². The molecule has 1 aliphatic rings. The number of nitrogens with zero attached hydrogens (tertiary/aromatic N) is 1. The number of nitrogens with one attached hydrogen (secondary N) is 1. The summed E-state index contributed by atoms with van der Waals surface area (Å²) in [7, 11) is 0. The molecule has 17 heavy (non-hydrogen) atoms. The van der Waals surface area contributed by atoms with E-state index < -0.39 is 0 Å². The fourth-order valence-corrected chi connectivity index (χ4v) is 2.89. The zero-order valence-corrected chi connectivity index (χ0v) is 11.2. The normalized spacial score (nSPS) is 28.1. The summed E-state index contributed by atoms with van der Waals surface area (Å²) in [5.74, 6) is 0.907. The van der Waals surface area contributed by atoms with Crippen LogP contribution < -0.4 is 5.32 Å². The second-order valence-corrected chi connectivity index (χ2v) is 5.74. The maximum atomic E-state index is 4.28. The van der Waals surface area contributed by atoms with Crippen molar-refractivity contribution in [3.63, 3.8) is 0 Å². The Hall–Kier alpha value is -0.890. The molecule has 2 nitrogen and oxygen atoms in total. The Bertz CT molecular complexity index is 339. The van der Waals surface area contributed by atoms with E-state index in [1.54, 1.807) is 0 Å². The second kappa shape index (κ2) is 5.18. The molecule has 1 aromatic rings. The monoisotopic (exact) mass is 232 g/mol. The van der Waals surface area contributed by atoms with Crippen LogP contribution in [0, 0.1) is 5.92 Å². The molecule has 2 heteroatoms. The molecule has 2 rings (SSSR count). The van der Waals surface area contributed by atoms with Gasteiger partial charge in [-0.3, -0.25) is 4.98 Å². The average Bonchev–Trinajstić information content (AvgIpc) is 2.29. The molecule has 94 valence electrons. The first kappa shape index (κ1) is 12.6. The lowest BCUT2D eigenvalue weighted by Crippen LogP contribution is -2.49. The van der Waals surface area contributed by atoms with Crippen LogP contribution in [0.3, 0.4) is 0 Å². The van der Waals surface area contributed by atoms with E-state index in [1.807, 2.05) is 12.4 Å². The third-order valence-electron chi connectivity index (χ3n) is 4.06. The molecule has 0 saturated heterocycles. The fraction of sp³-hybridized carbons (Fsp3) is 0.667. The van der Waals surface area contributed by atoms with Crippen molar-refractivity contribution in [3.8, 4) is 0 Å². The van der Waals surface area contributed by atoms with Crippen molar-refractivity contribution in [2.45, 2.75) is 51.5 Å². The standard InChI is InChI=1S/C15H24N2/c1-4-13-8-15(9-13,11-17-12(2)3)14-6-5-7-16-10-14/h5-7,10,12-13,17H,4,8-9,11H2,1-3H3. The van der Waals surface area contributed by atoms with E-state index in [2.05, 4.69) is 43.2 Å². The number of pyridine rings is 1. The summed E-state index contributed by atoms with van der Waals surface area (Å²) in [4.78, 5) is 4.28. The lowest BCUT2D eigenvalue weighted by atomic mass is 9.58. The summed E-state index contributed by atoms with van der Waals surface area (Å²) in [5, 5.41) is 3.60. The lowest BCUT2D eigenvalue weighted by molar-refractivity contribution is 0.131. The van der Waals surface area contributed by atoms with E-state index in [4.69, 9.17) is 0 Å². The minimum absolute atomic E-state index is 0.346. The maximum Gasteiger partial charge on any atom is 0.0306 e. The number of hydrogen-bond donors (Lipinski definition) is 1. The molecule has 0 spiro atoms. The Morgan fingerprint density at radius 3 is 2.76 bits per heavy atom. The number of aromatic nitrogens is 1. The molecule has 0 radical (unpaired) electrons. The first-order valence-electron chi connectivity index (χ1n) is 6.80. The van der Waals surface area contributed by atoms with Crippen LogP contribution in [0.15, 0.2) is 24.5 Å². The van der Waals surface area contributed by atoms with Crippen LogP contribution in [0.25, 0.3) is 0 Å². The SMILES string of the molecule is CCC1CC(CNC(C)C)(c2cccnc2)C1. The van der Waals surface area contributed by atoms with E-state index in [0.29, 0.717) is 11.5 Å². The molecule has 1 saturated carbocycles. The van der Waals surface area contributed by atoms with Gasteiger partial charge in [-0.05, 0) is 30.4 Å². The molecule has 1 fully saturated rings. The Morgan fingerprint density at radius 1 is 1.47 bits per heavy atom. The van der Waals surface area contributed by atoms with Gasteiger partial charge in [-0.15, -0.1) is 0 Å². The molecule has 1 N–H and O–H groups in total. The smallest absolute Gasteiger partial charge is 0.0306 e. The molecule has 0 amide bonds. The van der Waals surface area contributed by atoms with Gasteiger partial charge in [0.05, 0.1) is 0 Å². The van der Waals surface area contributed by atoms with Crippen LogP contribution in [-0.2, 0) is 5.41 Å². The highest BCUT2D eigenvalue weighted by molar-refractivity contribution is 5.26. The number of hydrogen-bond acceptors (Lipinski definition) is 2. The van der Waals surface area contributed by atoms with Crippen LogP contribution in [0.4, 0.5) is 0 Å². The molecular formula is C15H24N2. The minimum atomic E-state index is 0.346. The van der Waals surface area contributed by atoms with Crippen molar-refractivity contribution >= 4 is 0 Å². The quantitative estimate of drug-likeness (QED) is 0.843. The van der Waals surface area contributed by atoms with Crippen LogP contribution >= 0.6 is 0 Å². The largest absolute Gasteiger partial charge is 0.314 e. The molecular weight excluding hydrogens is 208 g/mol. The third-order valence-corrected chi connectivity index (χ3v) is 4.06. The van der Waals surface area contributed by atoms with Crippen molar-refractivity contribution in [2.24, 2.45) is 5.92 Å². The molecule has 0 bridgehead atoms. The third kappa shape index (κ3) is 2.68. The van der Waals surface area contributed by atoms with Gasteiger partial charge in [0, 0.05) is 30.4 Å². The maximum absolute atomic E-state index is 4.28. The van der Waals surface area contributed by atoms with Crippen LogP contribution in [0.5, 0.6) is 0 Å². The summed E-state index contributed by atoms with van der Waals surface area (Å²) in [6, 6.07) is 4.86. The highest BCUT2D eigenvalue weighted by Crippen LogP contribution is 2.48. The topological polar surface area (TPSA) is 24.9 Å². The highest BCUT2D eigenvalue weighted by atomic mass is 14.9. The predicted octanol–water partition coefficient (Wildman–Crippen LogP) is 3.14. The summed E-state index contributed by atoms with van der Waals surface area (Å²) >= 11 is 0. The van der Waals surface area contributed by atoms with Gasteiger partial charge in [-0.25, -0.2) is 0 Å². The van der Waals surface area contributed by atoms with Gasteiger partial charge < -0.3 is 5.32 Å². The van der Waals surface area contributed by atoms with Gasteiger partial charge >= 0.3 is 0 Å². The van der Waals surface area contributed by atoms with Crippen molar-refractivity contribution in [1.29, 1.82) is 0 Å².